The third kappa shape index (κ3) is 6.53. The summed E-state index contributed by atoms with van der Waals surface area (Å²) in [6.45, 7) is 4.67. The average Bonchev–Trinajstić information content (AvgIpc) is 3.30. The number of nitrogens with zero attached hydrogens (tertiary/aromatic N) is 4. The van der Waals surface area contributed by atoms with E-state index in [0.29, 0.717) is 67.2 Å². The molecule has 5 rings (SSSR count). The third-order valence-corrected chi connectivity index (χ3v) is 7.37. The highest BCUT2D eigenvalue weighted by atomic mass is 19.1. The number of halogens is 1. The van der Waals surface area contributed by atoms with E-state index in [9.17, 15) is 18.8 Å². The van der Waals surface area contributed by atoms with Gasteiger partial charge in [-0.1, -0.05) is 6.07 Å². The first-order valence-corrected chi connectivity index (χ1v) is 13.7. The Morgan fingerprint density at radius 2 is 1.46 bits per heavy atom. The van der Waals surface area contributed by atoms with Gasteiger partial charge in [-0.2, -0.15) is 5.26 Å². The molecule has 2 heterocycles. The van der Waals surface area contributed by atoms with E-state index in [-0.39, 0.29) is 17.7 Å². The Hall–Kier alpha value is -4.75. The Morgan fingerprint density at radius 1 is 0.780 bits per heavy atom. The van der Waals surface area contributed by atoms with Crippen LogP contribution in [0.25, 0.3) is 0 Å². The van der Waals surface area contributed by atoms with Gasteiger partial charge in [0.15, 0.2) is 0 Å². The summed E-state index contributed by atoms with van der Waals surface area (Å²) in [5.74, 6) is -1.14. The minimum absolute atomic E-state index is 0.0976. The summed E-state index contributed by atoms with van der Waals surface area (Å²) in [5, 5.41) is 15.4. The van der Waals surface area contributed by atoms with E-state index in [1.165, 1.54) is 18.2 Å². The van der Waals surface area contributed by atoms with Crippen LogP contribution in [0.1, 0.15) is 43.1 Å². The summed E-state index contributed by atoms with van der Waals surface area (Å²) >= 11 is 0. The molecule has 3 aromatic carbocycles. The number of carbonyl (C=O) groups excluding carboxylic acids is 3. The second kappa shape index (κ2) is 12.6. The van der Waals surface area contributed by atoms with Gasteiger partial charge in [-0.05, 0) is 73.6 Å². The predicted octanol–water partition coefficient (Wildman–Crippen LogP) is 3.35. The fourth-order valence-corrected chi connectivity index (χ4v) is 5.12. The SMILES string of the molecule is N#Cc1ccc(C(=O)Nc2cc(C(=O)N3CCCNCC3)ccc2N2CCN(C(=O)c3cccc(F)c3)CC2)cc1. The van der Waals surface area contributed by atoms with Crippen LogP contribution < -0.4 is 15.5 Å². The van der Waals surface area contributed by atoms with Crippen LogP contribution >= 0.6 is 0 Å². The van der Waals surface area contributed by atoms with Gasteiger partial charge in [-0.3, -0.25) is 14.4 Å². The van der Waals surface area contributed by atoms with Crippen LogP contribution in [-0.4, -0.2) is 79.9 Å². The lowest BCUT2D eigenvalue weighted by atomic mass is 10.1. The maximum Gasteiger partial charge on any atom is 0.255 e. The van der Waals surface area contributed by atoms with Crippen molar-refractivity contribution in [1.82, 2.24) is 15.1 Å². The molecule has 2 N–H and O–H groups in total. The molecule has 9 nitrogen and oxygen atoms in total. The lowest BCUT2D eigenvalue weighted by Crippen LogP contribution is -2.49. The number of nitriles is 1. The van der Waals surface area contributed by atoms with Crippen LogP contribution in [0.3, 0.4) is 0 Å². The number of nitrogens with one attached hydrogen (secondary N) is 2. The fraction of sp³-hybridized carbons (Fsp3) is 0.290. The second-order valence-electron chi connectivity index (χ2n) is 10.1. The minimum Gasteiger partial charge on any atom is -0.366 e. The van der Waals surface area contributed by atoms with Gasteiger partial charge in [0.05, 0.1) is 23.0 Å². The Morgan fingerprint density at radius 3 is 2.17 bits per heavy atom. The number of hydrogen-bond donors (Lipinski definition) is 2. The summed E-state index contributed by atoms with van der Waals surface area (Å²) in [4.78, 5) is 45.1. The first kappa shape index (κ1) is 27.8. The molecule has 0 radical (unpaired) electrons. The molecule has 0 saturated carbocycles. The van der Waals surface area contributed by atoms with Crippen molar-refractivity contribution in [3.63, 3.8) is 0 Å². The van der Waals surface area contributed by atoms with Gasteiger partial charge in [0, 0.05) is 62.5 Å². The maximum atomic E-state index is 13.7. The zero-order valence-electron chi connectivity index (χ0n) is 22.6. The molecule has 2 aliphatic heterocycles. The smallest absolute Gasteiger partial charge is 0.255 e. The van der Waals surface area contributed by atoms with Crippen molar-refractivity contribution >= 4 is 29.1 Å². The quantitative estimate of drug-likeness (QED) is 0.501. The molecular weight excluding hydrogens is 523 g/mol. The fourth-order valence-electron chi connectivity index (χ4n) is 5.12. The number of hydrogen-bond acceptors (Lipinski definition) is 6. The number of anilines is 2. The van der Waals surface area contributed by atoms with E-state index in [4.69, 9.17) is 5.26 Å². The topological polar surface area (TPSA) is 109 Å². The average molecular weight is 555 g/mol. The summed E-state index contributed by atoms with van der Waals surface area (Å²) in [6, 6.07) is 19.4. The molecule has 0 atom stereocenters. The van der Waals surface area contributed by atoms with E-state index < -0.39 is 5.82 Å². The third-order valence-electron chi connectivity index (χ3n) is 7.37. The molecule has 2 aliphatic rings. The molecule has 2 fully saturated rings. The summed E-state index contributed by atoms with van der Waals surface area (Å²) in [7, 11) is 0. The number of carbonyl (C=O) groups is 3. The van der Waals surface area contributed by atoms with Crippen molar-refractivity contribution in [2.45, 2.75) is 6.42 Å². The number of benzene rings is 3. The van der Waals surface area contributed by atoms with Gasteiger partial charge in [0.1, 0.15) is 5.82 Å². The summed E-state index contributed by atoms with van der Waals surface area (Å²) < 4.78 is 13.7. The number of amides is 3. The Bertz CT molecular complexity index is 1470. The van der Waals surface area contributed by atoms with Gasteiger partial charge >= 0.3 is 0 Å². The van der Waals surface area contributed by atoms with Crippen molar-refractivity contribution in [2.24, 2.45) is 0 Å². The number of piperazine rings is 1. The minimum atomic E-state index is -0.455. The highest BCUT2D eigenvalue weighted by Crippen LogP contribution is 2.30. The number of rotatable bonds is 5. The van der Waals surface area contributed by atoms with Gasteiger partial charge in [-0.15, -0.1) is 0 Å². The Balaban J connectivity index is 1.37. The van der Waals surface area contributed by atoms with E-state index >= 15 is 0 Å². The molecule has 0 aliphatic carbocycles. The monoisotopic (exact) mass is 554 g/mol. The molecular formula is C31H31FN6O3. The second-order valence-corrected chi connectivity index (χ2v) is 10.1. The van der Waals surface area contributed by atoms with Gasteiger partial charge in [-0.25, -0.2) is 4.39 Å². The molecule has 210 valence electrons. The van der Waals surface area contributed by atoms with Gasteiger partial charge < -0.3 is 25.3 Å². The first-order chi connectivity index (χ1) is 19.9. The van der Waals surface area contributed by atoms with Gasteiger partial charge in [0.25, 0.3) is 17.7 Å². The van der Waals surface area contributed by atoms with Crippen molar-refractivity contribution in [3.05, 3.63) is 94.8 Å². The highest BCUT2D eigenvalue weighted by Gasteiger charge is 2.26. The molecule has 0 unspecified atom stereocenters. The maximum absolute atomic E-state index is 13.7. The van der Waals surface area contributed by atoms with Crippen LogP contribution in [0, 0.1) is 17.1 Å². The summed E-state index contributed by atoms with van der Waals surface area (Å²) in [5.41, 5.74) is 2.84. The Kier molecular flexibility index (Phi) is 8.56. The lowest BCUT2D eigenvalue weighted by molar-refractivity contribution is 0.0743. The molecule has 0 aromatic heterocycles. The Labute approximate surface area is 238 Å². The van der Waals surface area contributed by atoms with Crippen molar-refractivity contribution in [2.75, 3.05) is 62.6 Å². The van der Waals surface area contributed by atoms with Crippen LogP contribution in [0.5, 0.6) is 0 Å². The van der Waals surface area contributed by atoms with E-state index in [1.807, 2.05) is 17.0 Å². The molecule has 41 heavy (non-hydrogen) atoms. The first-order valence-electron chi connectivity index (χ1n) is 13.7. The van der Waals surface area contributed by atoms with Crippen LogP contribution in [-0.2, 0) is 0 Å². The molecule has 2 saturated heterocycles. The van der Waals surface area contributed by atoms with Crippen LogP contribution in [0.15, 0.2) is 66.7 Å². The standard InChI is InChI=1S/C31H31FN6O3/c32-26-4-1-3-24(19-26)30(40)38-17-15-36(16-18-38)28-10-9-25(31(41)37-13-2-11-34-12-14-37)20-27(28)35-29(39)23-7-5-22(21-33)6-8-23/h1,3-10,19-20,34H,2,11-18H2,(H,35,39). The lowest BCUT2D eigenvalue weighted by Gasteiger charge is -2.37. The summed E-state index contributed by atoms with van der Waals surface area (Å²) in [6.07, 6.45) is 0.866. The molecule has 3 amide bonds. The van der Waals surface area contributed by atoms with E-state index in [2.05, 4.69) is 15.5 Å². The van der Waals surface area contributed by atoms with Crippen molar-refractivity contribution in [1.29, 1.82) is 5.26 Å². The van der Waals surface area contributed by atoms with Crippen molar-refractivity contribution in [3.8, 4) is 6.07 Å². The zero-order chi connectivity index (χ0) is 28.8. The molecule has 0 spiro atoms. The molecule has 3 aromatic rings. The normalized spacial score (nSPS) is 15.6. The highest BCUT2D eigenvalue weighted by molar-refractivity contribution is 6.07. The van der Waals surface area contributed by atoms with Gasteiger partial charge in [0.2, 0.25) is 0 Å². The predicted molar refractivity (Wildman–Crippen MR) is 153 cm³/mol. The van der Waals surface area contributed by atoms with Crippen LogP contribution in [0.2, 0.25) is 0 Å². The largest absolute Gasteiger partial charge is 0.366 e. The van der Waals surface area contributed by atoms with E-state index in [0.717, 1.165) is 25.2 Å². The molecule has 10 heteroatoms. The van der Waals surface area contributed by atoms with E-state index in [1.54, 1.807) is 47.4 Å². The zero-order valence-corrected chi connectivity index (χ0v) is 22.6. The van der Waals surface area contributed by atoms with Crippen LogP contribution in [0.4, 0.5) is 15.8 Å². The van der Waals surface area contributed by atoms with Crippen molar-refractivity contribution < 1.29 is 18.8 Å². The molecule has 0 bridgehead atoms.